The molecular weight excluding hydrogens is 277 g/mol. The molecule has 2 N–H and O–H groups in total. The van der Waals surface area contributed by atoms with Gasteiger partial charge in [-0.2, -0.15) is 5.26 Å². The summed E-state index contributed by atoms with van der Waals surface area (Å²) in [7, 11) is 0. The minimum Gasteiger partial charge on any atom is -0.462 e. The Balaban J connectivity index is 2.47. The lowest BCUT2D eigenvalue weighted by molar-refractivity contribution is -0.138. The summed E-state index contributed by atoms with van der Waals surface area (Å²) in [6, 6.07) is 7.14. The zero-order valence-electron chi connectivity index (χ0n) is 11.4. The summed E-state index contributed by atoms with van der Waals surface area (Å²) in [5.74, 6) is -1.56. The van der Waals surface area contributed by atoms with E-state index in [0.717, 1.165) is 6.20 Å². The fourth-order valence-electron chi connectivity index (χ4n) is 1.37. The molecule has 0 saturated carbocycles. The van der Waals surface area contributed by atoms with Crippen LogP contribution in [0.4, 0.5) is 4.39 Å². The van der Waals surface area contributed by atoms with Crippen molar-refractivity contribution in [2.45, 2.75) is 13.3 Å². The summed E-state index contributed by atoms with van der Waals surface area (Å²) in [4.78, 5) is 22.8. The van der Waals surface area contributed by atoms with Crippen LogP contribution in [0.2, 0.25) is 0 Å². The maximum atomic E-state index is 12.7. The molecule has 110 valence electrons. The third-order valence-corrected chi connectivity index (χ3v) is 2.32. The van der Waals surface area contributed by atoms with Crippen molar-refractivity contribution >= 4 is 11.9 Å². The van der Waals surface area contributed by atoms with Crippen LogP contribution in [0.5, 0.6) is 0 Å². The average molecular weight is 291 g/mol. The van der Waals surface area contributed by atoms with Crippen molar-refractivity contribution in [2.75, 3.05) is 6.61 Å². The fraction of sp³-hybridized carbons (Fsp3) is 0.214. The van der Waals surface area contributed by atoms with Crippen LogP contribution in [0.1, 0.15) is 12.5 Å². The number of nitrogens with zero attached hydrogens (tertiary/aromatic N) is 1. The zero-order valence-corrected chi connectivity index (χ0v) is 11.4. The topological polar surface area (TPSA) is 91.2 Å². The highest BCUT2D eigenvalue weighted by atomic mass is 19.1. The summed E-state index contributed by atoms with van der Waals surface area (Å²) < 4.78 is 17.3. The second-order valence-corrected chi connectivity index (χ2v) is 3.89. The van der Waals surface area contributed by atoms with E-state index in [4.69, 9.17) is 5.26 Å². The van der Waals surface area contributed by atoms with Crippen molar-refractivity contribution in [3.8, 4) is 6.07 Å². The quantitative estimate of drug-likeness (QED) is 0.352. The summed E-state index contributed by atoms with van der Waals surface area (Å²) in [5, 5.41) is 8.74. The number of hydrazine groups is 1. The molecule has 0 heterocycles. The third-order valence-electron chi connectivity index (χ3n) is 2.32. The number of esters is 1. The number of hydrogen-bond acceptors (Lipinski definition) is 5. The molecule has 0 aliphatic rings. The Morgan fingerprint density at radius 2 is 2.05 bits per heavy atom. The smallest absolute Gasteiger partial charge is 0.350 e. The van der Waals surface area contributed by atoms with Gasteiger partial charge in [-0.1, -0.05) is 12.1 Å². The van der Waals surface area contributed by atoms with Gasteiger partial charge in [0, 0.05) is 6.20 Å². The fourth-order valence-corrected chi connectivity index (χ4v) is 1.37. The molecule has 0 aromatic heterocycles. The molecule has 21 heavy (non-hydrogen) atoms. The number of benzene rings is 1. The minimum atomic E-state index is -0.778. The van der Waals surface area contributed by atoms with Gasteiger partial charge >= 0.3 is 5.97 Å². The van der Waals surface area contributed by atoms with Crippen LogP contribution in [0.3, 0.4) is 0 Å². The molecular formula is C14H14FN3O3. The van der Waals surface area contributed by atoms with E-state index in [0.29, 0.717) is 5.56 Å². The number of ether oxygens (including phenoxy) is 1. The molecule has 0 saturated heterocycles. The number of carbonyl (C=O) groups is 2. The van der Waals surface area contributed by atoms with Gasteiger partial charge in [0.05, 0.1) is 13.0 Å². The van der Waals surface area contributed by atoms with Crippen molar-refractivity contribution in [3.63, 3.8) is 0 Å². The number of rotatable bonds is 6. The normalized spacial score (nSPS) is 10.4. The highest BCUT2D eigenvalue weighted by Gasteiger charge is 2.09. The van der Waals surface area contributed by atoms with Crippen LogP contribution < -0.4 is 10.9 Å². The Labute approximate surface area is 121 Å². The van der Waals surface area contributed by atoms with Crippen LogP contribution >= 0.6 is 0 Å². The maximum Gasteiger partial charge on any atom is 0.350 e. The molecule has 1 aromatic carbocycles. The first kappa shape index (κ1) is 16.2. The van der Waals surface area contributed by atoms with Gasteiger partial charge in [-0.25, -0.2) is 9.18 Å². The van der Waals surface area contributed by atoms with Crippen LogP contribution in [0.25, 0.3) is 0 Å². The second kappa shape index (κ2) is 8.32. The Morgan fingerprint density at radius 1 is 1.38 bits per heavy atom. The highest BCUT2D eigenvalue weighted by molar-refractivity contribution is 5.92. The van der Waals surface area contributed by atoms with E-state index in [9.17, 15) is 14.0 Å². The molecule has 1 amide bonds. The zero-order chi connectivity index (χ0) is 15.7. The van der Waals surface area contributed by atoms with Crippen LogP contribution in [-0.4, -0.2) is 18.5 Å². The summed E-state index contributed by atoms with van der Waals surface area (Å²) in [5.41, 5.74) is 5.00. The lowest BCUT2D eigenvalue weighted by Crippen LogP contribution is -2.35. The average Bonchev–Trinajstić information content (AvgIpc) is 2.46. The first-order valence-electron chi connectivity index (χ1n) is 6.13. The van der Waals surface area contributed by atoms with Gasteiger partial charge in [-0.05, 0) is 24.6 Å². The van der Waals surface area contributed by atoms with E-state index < -0.39 is 11.9 Å². The SMILES string of the molecule is CCOC(=O)/C(C#N)=C/NNC(=O)Cc1ccc(F)cc1. The second-order valence-electron chi connectivity index (χ2n) is 3.89. The Hall–Kier alpha value is -2.88. The molecule has 0 aliphatic carbocycles. The van der Waals surface area contributed by atoms with Crippen LogP contribution in [0, 0.1) is 17.1 Å². The Kier molecular flexibility index (Phi) is 6.41. The van der Waals surface area contributed by atoms with Gasteiger partial charge in [-0.15, -0.1) is 0 Å². The van der Waals surface area contributed by atoms with Crippen molar-refractivity contribution in [1.82, 2.24) is 10.9 Å². The van der Waals surface area contributed by atoms with Crippen molar-refractivity contribution in [3.05, 3.63) is 47.4 Å². The standard InChI is InChI=1S/C14H14FN3O3/c1-2-21-14(20)11(8-16)9-17-18-13(19)7-10-3-5-12(15)6-4-10/h3-6,9,17H,2,7H2,1H3,(H,18,19)/b11-9+. The molecule has 0 unspecified atom stereocenters. The lowest BCUT2D eigenvalue weighted by atomic mass is 10.1. The number of hydrogen-bond donors (Lipinski definition) is 2. The largest absolute Gasteiger partial charge is 0.462 e. The van der Waals surface area contributed by atoms with E-state index in [1.54, 1.807) is 13.0 Å². The van der Waals surface area contributed by atoms with Gasteiger partial charge in [0.15, 0.2) is 5.57 Å². The minimum absolute atomic E-state index is 0.0302. The molecule has 0 fully saturated rings. The first-order valence-corrected chi connectivity index (χ1v) is 6.13. The maximum absolute atomic E-state index is 12.7. The van der Waals surface area contributed by atoms with E-state index in [1.807, 2.05) is 0 Å². The first-order chi connectivity index (χ1) is 10.1. The van der Waals surface area contributed by atoms with E-state index in [2.05, 4.69) is 15.6 Å². The summed E-state index contributed by atoms with van der Waals surface area (Å²) in [6.45, 7) is 1.76. The molecule has 0 bridgehead atoms. The molecule has 0 radical (unpaired) electrons. The Morgan fingerprint density at radius 3 is 2.62 bits per heavy atom. The molecule has 0 spiro atoms. The summed E-state index contributed by atoms with van der Waals surface area (Å²) in [6.07, 6.45) is 1.07. The number of amides is 1. The van der Waals surface area contributed by atoms with Crippen molar-refractivity contribution < 1.29 is 18.7 Å². The Bertz CT molecular complexity index is 576. The van der Waals surface area contributed by atoms with Gasteiger partial charge in [0.2, 0.25) is 5.91 Å². The van der Waals surface area contributed by atoms with Crippen LogP contribution in [0.15, 0.2) is 36.0 Å². The number of carbonyl (C=O) groups excluding carboxylic acids is 2. The monoisotopic (exact) mass is 291 g/mol. The molecule has 1 rings (SSSR count). The van der Waals surface area contributed by atoms with Crippen molar-refractivity contribution in [2.24, 2.45) is 0 Å². The molecule has 1 aromatic rings. The van der Waals surface area contributed by atoms with Gasteiger partial charge in [0.1, 0.15) is 11.9 Å². The predicted octanol–water partition coefficient (Wildman–Crippen LogP) is 0.960. The van der Waals surface area contributed by atoms with Crippen molar-refractivity contribution in [1.29, 1.82) is 5.26 Å². The van der Waals surface area contributed by atoms with Gasteiger partial charge < -0.3 is 10.2 Å². The van der Waals surface area contributed by atoms with E-state index in [-0.39, 0.29) is 24.4 Å². The number of nitriles is 1. The van der Waals surface area contributed by atoms with Gasteiger partial charge in [0.25, 0.3) is 0 Å². The summed E-state index contributed by atoms with van der Waals surface area (Å²) >= 11 is 0. The van der Waals surface area contributed by atoms with Gasteiger partial charge in [-0.3, -0.25) is 10.2 Å². The van der Waals surface area contributed by atoms with Crippen LogP contribution in [-0.2, 0) is 20.7 Å². The predicted molar refractivity (Wildman–Crippen MR) is 71.7 cm³/mol. The number of halogens is 1. The molecule has 0 aliphatic heterocycles. The molecule has 6 nitrogen and oxygen atoms in total. The highest BCUT2D eigenvalue weighted by Crippen LogP contribution is 2.03. The third kappa shape index (κ3) is 5.74. The lowest BCUT2D eigenvalue weighted by Gasteiger charge is -2.05. The van der Waals surface area contributed by atoms with E-state index >= 15 is 0 Å². The number of nitrogens with one attached hydrogen (secondary N) is 2. The van der Waals surface area contributed by atoms with E-state index in [1.165, 1.54) is 24.3 Å². The molecule has 0 atom stereocenters. The molecule has 7 heteroatoms.